The van der Waals surface area contributed by atoms with Gasteiger partial charge in [0.1, 0.15) is 11.9 Å². The lowest BCUT2D eigenvalue weighted by atomic mass is 10.1. The predicted octanol–water partition coefficient (Wildman–Crippen LogP) is 3.41. The average molecular weight is 271 g/mol. The second-order valence-electron chi connectivity index (χ2n) is 4.25. The van der Waals surface area contributed by atoms with Gasteiger partial charge >= 0.3 is 0 Å². The second kappa shape index (κ2) is 4.85. The molecular formula is C14H13N3OS. The van der Waals surface area contributed by atoms with Crippen molar-refractivity contribution in [1.82, 2.24) is 10.2 Å². The van der Waals surface area contributed by atoms with E-state index in [-0.39, 0.29) is 6.10 Å². The van der Waals surface area contributed by atoms with Gasteiger partial charge in [-0.3, -0.25) is 0 Å². The molecule has 3 aromatic rings. The number of nitrogens with two attached hydrogens (primary N) is 1. The summed E-state index contributed by atoms with van der Waals surface area (Å²) >= 11 is 1.35. The van der Waals surface area contributed by atoms with Gasteiger partial charge in [-0.2, -0.15) is 0 Å². The molecule has 2 aromatic carbocycles. The molecule has 0 amide bonds. The normalized spacial score (nSPS) is 12.5. The van der Waals surface area contributed by atoms with Gasteiger partial charge in [0.25, 0.3) is 0 Å². The summed E-state index contributed by atoms with van der Waals surface area (Å²) in [6, 6.07) is 14.2. The molecule has 0 bridgehead atoms. The van der Waals surface area contributed by atoms with Gasteiger partial charge in [-0.1, -0.05) is 41.7 Å². The Morgan fingerprint density at radius 2 is 1.89 bits per heavy atom. The Morgan fingerprint density at radius 3 is 2.63 bits per heavy atom. The van der Waals surface area contributed by atoms with E-state index in [2.05, 4.69) is 22.3 Å². The fraction of sp³-hybridized carbons (Fsp3) is 0.143. The molecule has 0 aliphatic heterocycles. The Balaban J connectivity index is 1.84. The lowest BCUT2D eigenvalue weighted by Crippen LogP contribution is -2.02. The highest BCUT2D eigenvalue weighted by Crippen LogP contribution is 2.27. The standard InChI is InChI=1S/C14H13N3OS/c1-9(13-16-17-14(15)19-13)18-12-7-6-10-4-2-3-5-11(10)8-12/h2-9H,1H3,(H2,15,17). The fourth-order valence-electron chi connectivity index (χ4n) is 1.91. The van der Waals surface area contributed by atoms with Crippen LogP contribution in [-0.2, 0) is 0 Å². The first kappa shape index (κ1) is 11.9. The van der Waals surface area contributed by atoms with E-state index in [1.165, 1.54) is 16.7 Å². The lowest BCUT2D eigenvalue weighted by molar-refractivity contribution is 0.226. The van der Waals surface area contributed by atoms with E-state index in [1.807, 2.05) is 37.3 Å². The van der Waals surface area contributed by atoms with E-state index >= 15 is 0 Å². The van der Waals surface area contributed by atoms with E-state index in [4.69, 9.17) is 10.5 Å². The minimum absolute atomic E-state index is 0.157. The van der Waals surface area contributed by atoms with Crippen molar-refractivity contribution in [1.29, 1.82) is 0 Å². The third-order valence-electron chi connectivity index (χ3n) is 2.84. The summed E-state index contributed by atoms with van der Waals surface area (Å²) in [6.45, 7) is 1.94. The van der Waals surface area contributed by atoms with E-state index in [9.17, 15) is 0 Å². The van der Waals surface area contributed by atoms with Crippen LogP contribution < -0.4 is 10.5 Å². The number of nitrogen functional groups attached to an aromatic ring is 1. The number of ether oxygens (including phenoxy) is 1. The predicted molar refractivity (Wildman–Crippen MR) is 77.3 cm³/mol. The van der Waals surface area contributed by atoms with Crippen molar-refractivity contribution in [3.05, 3.63) is 47.5 Å². The number of hydrogen-bond acceptors (Lipinski definition) is 5. The van der Waals surface area contributed by atoms with Crippen LogP contribution in [0, 0.1) is 0 Å². The Bertz CT molecular complexity index is 710. The maximum absolute atomic E-state index is 5.87. The van der Waals surface area contributed by atoms with E-state index in [1.54, 1.807) is 0 Å². The van der Waals surface area contributed by atoms with Gasteiger partial charge in [0.15, 0.2) is 5.01 Å². The molecule has 96 valence electrons. The van der Waals surface area contributed by atoms with Gasteiger partial charge in [0.2, 0.25) is 5.13 Å². The van der Waals surface area contributed by atoms with Crippen molar-refractivity contribution >= 4 is 27.2 Å². The molecule has 0 fully saturated rings. The molecule has 0 aliphatic rings. The van der Waals surface area contributed by atoms with Gasteiger partial charge in [0.05, 0.1) is 0 Å². The Kier molecular flexibility index (Phi) is 3.05. The second-order valence-corrected chi connectivity index (χ2v) is 5.29. The summed E-state index contributed by atoms with van der Waals surface area (Å²) in [7, 11) is 0. The first-order valence-corrected chi connectivity index (χ1v) is 6.78. The Hall–Kier alpha value is -2.14. The Morgan fingerprint density at radius 1 is 1.11 bits per heavy atom. The molecule has 1 atom stereocenters. The summed E-state index contributed by atoms with van der Waals surface area (Å²) in [4.78, 5) is 0. The first-order valence-electron chi connectivity index (χ1n) is 5.97. The smallest absolute Gasteiger partial charge is 0.203 e. The molecule has 0 radical (unpaired) electrons. The van der Waals surface area contributed by atoms with Crippen LogP contribution in [0.1, 0.15) is 18.0 Å². The summed E-state index contributed by atoms with van der Waals surface area (Å²) in [6.07, 6.45) is -0.157. The minimum Gasteiger partial charge on any atom is -0.483 e. The van der Waals surface area contributed by atoms with E-state index in [0.29, 0.717) is 5.13 Å². The van der Waals surface area contributed by atoms with Crippen molar-refractivity contribution in [2.75, 3.05) is 5.73 Å². The van der Waals surface area contributed by atoms with Crippen molar-refractivity contribution in [3.8, 4) is 5.75 Å². The molecule has 4 nitrogen and oxygen atoms in total. The monoisotopic (exact) mass is 271 g/mol. The van der Waals surface area contributed by atoms with Crippen LogP contribution in [0.25, 0.3) is 10.8 Å². The molecule has 1 heterocycles. The fourth-order valence-corrected chi connectivity index (χ4v) is 2.50. The number of benzene rings is 2. The summed E-state index contributed by atoms with van der Waals surface area (Å²) in [5.41, 5.74) is 5.57. The van der Waals surface area contributed by atoms with Crippen molar-refractivity contribution in [2.45, 2.75) is 13.0 Å². The van der Waals surface area contributed by atoms with Crippen LogP contribution in [0.3, 0.4) is 0 Å². The van der Waals surface area contributed by atoms with Gasteiger partial charge in [-0.05, 0) is 29.8 Å². The molecule has 5 heteroatoms. The first-order chi connectivity index (χ1) is 9.22. The quantitative estimate of drug-likeness (QED) is 0.793. The highest BCUT2D eigenvalue weighted by molar-refractivity contribution is 7.15. The molecule has 0 saturated heterocycles. The van der Waals surface area contributed by atoms with Crippen LogP contribution in [-0.4, -0.2) is 10.2 Å². The molecule has 19 heavy (non-hydrogen) atoms. The van der Waals surface area contributed by atoms with Crippen molar-refractivity contribution < 1.29 is 4.74 Å². The molecular weight excluding hydrogens is 258 g/mol. The maximum Gasteiger partial charge on any atom is 0.203 e. The zero-order valence-electron chi connectivity index (χ0n) is 10.4. The number of hydrogen-bond donors (Lipinski definition) is 1. The molecule has 0 saturated carbocycles. The number of nitrogens with zero attached hydrogens (tertiary/aromatic N) is 2. The van der Waals surface area contributed by atoms with E-state index < -0.39 is 0 Å². The SMILES string of the molecule is CC(Oc1ccc2ccccc2c1)c1nnc(N)s1. The Labute approximate surface area is 114 Å². The van der Waals surface area contributed by atoms with Crippen LogP contribution in [0.5, 0.6) is 5.75 Å². The van der Waals surface area contributed by atoms with Gasteiger partial charge in [0, 0.05) is 0 Å². The van der Waals surface area contributed by atoms with Crippen LogP contribution in [0.4, 0.5) is 5.13 Å². The maximum atomic E-state index is 5.87. The number of fused-ring (bicyclic) bond motifs is 1. The molecule has 3 rings (SSSR count). The summed E-state index contributed by atoms with van der Waals surface area (Å²) < 4.78 is 5.87. The van der Waals surface area contributed by atoms with Crippen LogP contribution in [0.15, 0.2) is 42.5 Å². The molecule has 0 aliphatic carbocycles. The molecule has 1 unspecified atom stereocenters. The van der Waals surface area contributed by atoms with Gasteiger partial charge < -0.3 is 10.5 Å². The highest BCUT2D eigenvalue weighted by atomic mass is 32.1. The number of anilines is 1. The minimum atomic E-state index is -0.157. The van der Waals surface area contributed by atoms with Crippen molar-refractivity contribution in [3.63, 3.8) is 0 Å². The molecule has 2 N–H and O–H groups in total. The third-order valence-corrected chi connectivity index (χ3v) is 3.75. The van der Waals surface area contributed by atoms with Crippen LogP contribution >= 0.6 is 11.3 Å². The third kappa shape index (κ3) is 2.51. The lowest BCUT2D eigenvalue weighted by Gasteiger charge is -2.12. The molecule has 1 aromatic heterocycles. The average Bonchev–Trinajstić information content (AvgIpc) is 2.85. The van der Waals surface area contributed by atoms with Crippen molar-refractivity contribution in [2.24, 2.45) is 0 Å². The number of rotatable bonds is 3. The zero-order valence-corrected chi connectivity index (χ0v) is 11.2. The van der Waals surface area contributed by atoms with Gasteiger partial charge in [-0.15, -0.1) is 10.2 Å². The summed E-state index contributed by atoms with van der Waals surface area (Å²) in [5, 5.41) is 11.4. The number of aromatic nitrogens is 2. The topological polar surface area (TPSA) is 61.0 Å². The highest BCUT2D eigenvalue weighted by Gasteiger charge is 2.12. The zero-order chi connectivity index (χ0) is 13.2. The van der Waals surface area contributed by atoms with Crippen LogP contribution in [0.2, 0.25) is 0 Å². The van der Waals surface area contributed by atoms with E-state index in [0.717, 1.165) is 16.1 Å². The molecule has 0 spiro atoms. The largest absolute Gasteiger partial charge is 0.483 e. The summed E-state index contributed by atoms with van der Waals surface area (Å²) in [5.74, 6) is 0.819. The van der Waals surface area contributed by atoms with Gasteiger partial charge in [-0.25, -0.2) is 0 Å².